The number of nitrogens with one attached hydrogen (secondary N) is 2. The van der Waals surface area contributed by atoms with Crippen molar-refractivity contribution in [3.8, 4) is 5.95 Å². The highest BCUT2D eigenvalue weighted by Crippen LogP contribution is 1.95. The molecule has 0 spiro atoms. The lowest BCUT2D eigenvalue weighted by molar-refractivity contribution is 0.812. The van der Waals surface area contributed by atoms with Gasteiger partial charge in [0.05, 0.1) is 6.21 Å². The fourth-order valence-electron chi connectivity index (χ4n) is 0.820. The summed E-state index contributed by atoms with van der Waals surface area (Å²) in [5.74, 6) is 0.750. The third-order valence-corrected chi connectivity index (χ3v) is 1.35. The van der Waals surface area contributed by atoms with Crippen LogP contribution in [0.5, 0.6) is 0 Å². The molecule has 9 nitrogen and oxygen atoms in total. The molecule has 0 aliphatic heterocycles. The predicted molar refractivity (Wildman–Crippen MR) is 44.0 cm³/mol. The van der Waals surface area contributed by atoms with Gasteiger partial charge in [0.2, 0.25) is 0 Å². The summed E-state index contributed by atoms with van der Waals surface area (Å²) in [6, 6.07) is 0. The van der Waals surface area contributed by atoms with Crippen LogP contribution >= 0.6 is 0 Å². The summed E-state index contributed by atoms with van der Waals surface area (Å²) in [7, 11) is 0. The molecule has 0 aliphatic rings. The van der Waals surface area contributed by atoms with Gasteiger partial charge in [0.1, 0.15) is 12.7 Å². The number of H-pyrrole nitrogens is 1. The van der Waals surface area contributed by atoms with Crippen LogP contribution in [0, 0.1) is 5.53 Å². The van der Waals surface area contributed by atoms with Crippen LogP contribution in [0.4, 0.5) is 0 Å². The van der Waals surface area contributed by atoms with Crippen LogP contribution in [-0.4, -0.2) is 36.2 Å². The van der Waals surface area contributed by atoms with Gasteiger partial charge in [-0.05, 0) is 0 Å². The maximum Gasteiger partial charge on any atom is 0.271 e. The van der Waals surface area contributed by atoms with E-state index in [1.807, 2.05) is 0 Å². The van der Waals surface area contributed by atoms with Crippen molar-refractivity contribution in [1.29, 1.82) is 5.53 Å². The van der Waals surface area contributed by atoms with Crippen LogP contribution in [0.15, 0.2) is 23.0 Å². The zero-order chi connectivity index (χ0) is 9.80. The highest BCUT2D eigenvalue weighted by molar-refractivity contribution is 5.74. The molecule has 2 rings (SSSR count). The van der Waals surface area contributed by atoms with Crippen molar-refractivity contribution in [2.75, 3.05) is 0 Å². The molecule has 2 aromatic rings. The first-order valence-electron chi connectivity index (χ1n) is 3.57. The normalized spacial score (nSPS) is 10.9. The molecule has 2 aromatic heterocycles. The highest BCUT2D eigenvalue weighted by atomic mass is 15.4. The van der Waals surface area contributed by atoms with Crippen LogP contribution in [0.2, 0.25) is 0 Å². The van der Waals surface area contributed by atoms with Gasteiger partial charge < -0.3 is 0 Å². The Kier molecular flexibility index (Phi) is 2.05. The fourth-order valence-corrected chi connectivity index (χ4v) is 0.820. The minimum absolute atomic E-state index is 0.355. The minimum Gasteiger partial charge on any atom is -0.256 e. The van der Waals surface area contributed by atoms with Crippen molar-refractivity contribution in [1.82, 2.24) is 29.9 Å². The summed E-state index contributed by atoms with van der Waals surface area (Å²) in [6.45, 7) is 0. The van der Waals surface area contributed by atoms with E-state index in [-0.39, 0.29) is 0 Å². The maximum absolute atomic E-state index is 6.44. The molecule has 14 heavy (non-hydrogen) atoms. The van der Waals surface area contributed by atoms with Crippen LogP contribution in [-0.2, 0) is 0 Å². The largest absolute Gasteiger partial charge is 0.271 e. The molecule has 0 saturated carbocycles. The second kappa shape index (κ2) is 3.51. The zero-order valence-electron chi connectivity index (χ0n) is 6.86. The van der Waals surface area contributed by atoms with E-state index in [1.165, 1.54) is 23.6 Å². The van der Waals surface area contributed by atoms with E-state index in [4.69, 9.17) is 5.53 Å². The standard InChI is InChI=1S/C5H5N9/c6-13-8-1-4-10-5(12-11-4)14-3-7-2-9-14/h1-3,6H,(H,10,11,12). The molecule has 0 fully saturated rings. The maximum atomic E-state index is 6.44. The first-order chi connectivity index (χ1) is 6.90. The molecule has 9 heteroatoms. The van der Waals surface area contributed by atoms with Gasteiger partial charge in [0.15, 0.2) is 5.82 Å². The van der Waals surface area contributed by atoms with Crippen molar-refractivity contribution in [3.05, 3.63) is 18.5 Å². The molecule has 0 saturated heterocycles. The Morgan fingerprint density at radius 2 is 2.50 bits per heavy atom. The molecule has 2 N–H and O–H groups in total. The summed E-state index contributed by atoms with van der Waals surface area (Å²) < 4.78 is 1.39. The number of hydrogen-bond acceptors (Lipinski definition) is 6. The number of nitrogens with zero attached hydrogens (tertiary/aromatic N) is 7. The molecule has 0 radical (unpaired) electrons. The quantitative estimate of drug-likeness (QED) is 0.394. The molecule has 0 amide bonds. The van der Waals surface area contributed by atoms with E-state index in [9.17, 15) is 0 Å². The van der Waals surface area contributed by atoms with E-state index < -0.39 is 0 Å². The Balaban J connectivity index is 2.26. The average Bonchev–Trinajstić information content (AvgIpc) is 2.85. The summed E-state index contributed by atoms with van der Waals surface area (Å²) in [4.78, 5) is 7.74. The SMILES string of the molecule is N=NN=Cc1nc(-n2cncn2)n[nH]1. The van der Waals surface area contributed by atoms with E-state index in [0.717, 1.165) is 0 Å². The first kappa shape index (κ1) is 8.16. The minimum atomic E-state index is 0.355. The number of hydrogen-bond donors (Lipinski definition) is 2. The number of aromatic amines is 1. The van der Waals surface area contributed by atoms with E-state index in [2.05, 4.69) is 35.6 Å². The highest BCUT2D eigenvalue weighted by Gasteiger charge is 2.02. The molecule has 0 aliphatic carbocycles. The third kappa shape index (κ3) is 1.50. The smallest absolute Gasteiger partial charge is 0.256 e. The molecule has 0 aromatic carbocycles. The van der Waals surface area contributed by atoms with Crippen LogP contribution in [0.1, 0.15) is 5.82 Å². The van der Waals surface area contributed by atoms with Gasteiger partial charge in [-0.1, -0.05) is 5.22 Å². The summed E-state index contributed by atoms with van der Waals surface area (Å²) in [6.07, 6.45) is 4.13. The molecule has 0 bridgehead atoms. The number of aromatic nitrogens is 6. The van der Waals surface area contributed by atoms with Gasteiger partial charge in [0, 0.05) is 0 Å². The monoisotopic (exact) mass is 191 g/mol. The van der Waals surface area contributed by atoms with Crippen molar-refractivity contribution >= 4 is 6.21 Å². The van der Waals surface area contributed by atoms with Crippen molar-refractivity contribution < 1.29 is 0 Å². The summed E-state index contributed by atoms with van der Waals surface area (Å²) in [5.41, 5.74) is 6.44. The van der Waals surface area contributed by atoms with Crippen molar-refractivity contribution in [3.63, 3.8) is 0 Å². The molecular weight excluding hydrogens is 186 g/mol. The van der Waals surface area contributed by atoms with Gasteiger partial charge in [0.25, 0.3) is 5.95 Å². The van der Waals surface area contributed by atoms with Crippen molar-refractivity contribution in [2.45, 2.75) is 0 Å². The average molecular weight is 191 g/mol. The Bertz CT molecular complexity index is 437. The Morgan fingerprint density at radius 3 is 3.21 bits per heavy atom. The molecule has 70 valence electrons. The van der Waals surface area contributed by atoms with E-state index in [1.54, 1.807) is 0 Å². The fraction of sp³-hybridized carbons (Fsp3) is 0. The predicted octanol–water partition coefficient (Wildman–Crippen LogP) is -0.250. The Morgan fingerprint density at radius 1 is 1.57 bits per heavy atom. The van der Waals surface area contributed by atoms with Crippen LogP contribution < -0.4 is 0 Å². The molecule has 2 heterocycles. The van der Waals surface area contributed by atoms with E-state index >= 15 is 0 Å². The second-order valence-corrected chi connectivity index (χ2v) is 2.21. The number of rotatable bonds is 3. The van der Waals surface area contributed by atoms with Gasteiger partial charge in [-0.15, -0.1) is 10.2 Å². The van der Waals surface area contributed by atoms with Crippen LogP contribution in [0.3, 0.4) is 0 Å². The molecule has 0 atom stereocenters. The first-order valence-corrected chi connectivity index (χ1v) is 3.57. The van der Waals surface area contributed by atoms with Gasteiger partial charge in [-0.2, -0.15) is 20.3 Å². The van der Waals surface area contributed by atoms with E-state index in [0.29, 0.717) is 11.8 Å². The molecular formula is C5H5N9. The third-order valence-electron chi connectivity index (χ3n) is 1.35. The lowest BCUT2D eigenvalue weighted by Crippen LogP contribution is -1.96. The van der Waals surface area contributed by atoms with Gasteiger partial charge in [-0.3, -0.25) is 5.10 Å². The molecule has 0 unspecified atom stereocenters. The Labute approximate surface area is 77.4 Å². The van der Waals surface area contributed by atoms with Gasteiger partial charge in [-0.25, -0.2) is 4.98 Å². The Hall–Kier alpha value is -2.45. The van der Waals surface area contributed by atoms with Gasteiger partial charge >= 0.3 is 0 Å². The second-order valence-electron chi connectivity index (χ2n) is 2.21. The summed E-state index contributed by atoms with van der Waals surface area (Å²) in [5, 5.41) is 16.4. The lowest BCUT2D eigenvalue weighted by Gasteiger charge is -1.86. The lowest BCUT2D eigenvalue weighted by atomic mass is 10.7. The zero-order valence-corrected chi connectivity index (χ0v) is 6.86. The topological polar surface area (TPSA) is 121 Å². The van der Waals surface area contributed by atoms with Crippen LogP contribution in [0.25, 0.3) is 5.95 Å². The van der Waals surface area contributed by atoms with Crippen molar-refractivity contribution in [2.24, 2.45) is 10.3 Å². The summed E-state index contributed by atoms with van der Waals surface area (Å²) >= 11 is 0.